The van der Waals surface area contributed by atoms with Crippen LogP contribution in [0.4, 0.5) is 0 Å². The number of methoxy groups -OCH3 is 1. The van der Waals surface area contributed by atoms with Gasteiger partial charge in [0.15, 0.2) is 10.8 Å². The molecule has 0 heterocycles. The lowest BCUT2D eigenvalue weighted by molar-refractivity contribution is -0.218. The fourth-order valence-corrected chi connectivity index (χ4v) is 9.00. The summed E-state index contributed by atoms with van der Waals surface area (Å²) < 4.78 is 11.2. The van der Waals surface area contributed by atoms with Gasteiger partial charge in [-0.15, -0.1) is 11.6 Å². The fourth-order valence-electron chi connectivity index (χ4n) is 7.88. The van der Waals surface area contributed by atoms with E-state index in [4.69, 9.17) is 32.7 Å². The van der Waals surface area contributed by atoms with Crippen LogP contribution in [0, 0.1) is 28.6 Å². The van der Waals surface area contributed by atoms with E-state index >= 15 is 0 Å². The lowest BCUT2D eigenvalue weighted by Crippen LogP contribution is -2.72. The first-order valence-electron chi connectivity index (χ1n) is 12.1. The molecule has 1 N–H and O–H groups in total. The Hall–Kier alpha value is -1.37. The molecule has 0 aromatic heterocycles. The number of esters is 2. The number of fused-ring (bicyclic) bond motifs is 5. The van der Waals surface area contributed by atoms with Crippen molar-refractivity contribution in [2.45, 2.75) is 81.8 Å². The summed E-state index contributed by atoms with van der Waals surface area (Å²) in [6, 6.07) is 0. The lowest BCUT2D eigenvalue weighted by atomic mass is 9.45. The Morgan fingerprint density at radius 1 is 1.24 bits per heavy atom. The Balaban J connectivity index is 1.88. The molecule has 3 fully saturated rings. The molecule has 0 aromatic carbocycles. The molecule has 4 aliphatic carbocycles. The topological polar surface area (TPSA) is 89.9 Å². The van der Waals surface area contributed by atoms with Crippen LogP contribution >= 0.6 is 23.2 Å². The fraction of sp³-hybridized carbons (Fsp3) is 0.731. The Bertz CT molecular complexity index is 988. The maximum Gasteiger partial charge on any atom is 0.351 e. The number of allylic oxidation sites excluding steroid dienone is 4. The molecule has 8 heteroatoms. The Kier molecular flexibility index (Phi) is 6.11. The zero-order chi connectivity index (χ0) is 25.3. The number of aliphatic hydroxyl groups is 1. The van der Waals surface area contributed by atoms with Crippen molar-refractivity contribution in [3.63, 3.8) is 0 Å². The highest BCUT2D eigenvalue weighted by molar-refractivity contribution is 6.35. The molecule has 0 unspecified atom stereocenters. The van der Waals surface area contributed by atoms with Gasteiger partial charge >= 0.3 is 11.9 Å². The molecule has 0 radical (unpaired) electrons. The average Bonchev–Trinajstić information content (AvgIpc) is 2.96. The van der Waals surface area contributed by atoms with Gasteiger partial charge in [0.2, 0.25) is 5.60 Å². The molecule has 0 saturated heterocycles. The lowest BCUT2D eigenvalue weighted by Gasteiger charge is -2.66. The molecule has 188 valence electrons. The summed E-state index contributed by atoms with van der Waals surface area (Å²) >= 11 is 14.5. The number of ether oxygens (including phenoxy) is 2. The van der Waals surface area contributed by atoms with Gasteiger partial charge in [0.05, 0.1) is 7.11 Å². The first kappa shape index (κ1) is 25.7. The highest BCUT2D eigenvalue weighted by Crippen LogP contribution is 2.75. The van der Waals surface area contributed by atoms with E-state index in [0.717, 1.165) is 5.57 Å². The smallest absolute Gasteiger partial charge is 0.351 e. The van der Waals surface area contributed by atoms with Crippen LogP contribution in [0.3, 0.4) is 0 Å². The number of carbonyl (C=O) groups is 3. The summed E-state index contributed by atoms with van der Waals surface area (Å²) in [4.78, 5) is 37.0. The third-order valence-corrected chi connectivity index (χ3v) is 10.9. The van der Waals surface area contributed by atoms with E-state index in [1.54, 1.807) is 12.2 Å². The van der Waals surface area contributed by atoms with Crippen LogP contribution in [-0.2, 0) is 23.9 Å². The monoisotopic (exact) mass is 512 g/mol. The van der Waals surface area contributed by atoms with Crippen LogP contribution in [0.25, 0.3) is 0 Å². The zero-order valence-electron chi connectivity index (χ0n) is 20.5. The van der Waals surface area contributed by atoms with Gasteiger partial charge in [0.25, 0.3) is 0 Å². The van der Waals surface area contributed by atoms with Crippen LogP contribution in [0.15, 0.2) is 23.8 Å². The van der Waals surface area contributed by atoms with E-state index in [9.17, 15) is 19.5 Å². The second kappa shape index (κ2) is 8.07. The van der Waals surface area contributed by atoms with E-state index in [-0.39, 0.29) is 36.4 Å². The number of rotatable bonds is 4. The van der Waals surface area contributed by atoms with Crippen molar-refractivity contribution in [1.82, 2.24) is 0 Å². The first-order chi connectivity index (χ1) is 15.7. The Morgan fingerprint density at radius 2 is 1.91 bits per heavy atom. The first-order valence-corrected chi connectivity index (χ1v) is 12.9. The van der Waals surface area contributed by atoms with Gasteiger partial charge in [-0.25, -0.2) is 4.79 Å². The van der Waals surface area contributed by atoms with Crippen molar-refractivity contribution in [3.05, 3.63) is 23.8 Å². The molecule has 0 spiro atoms. The van der Waals surface area contributed by atoms with Crippen LogP contribution < -0.4 is 0 Å². The minimum atomic E-state index is -1.95. The predicted molar refractivity (Wildman–Crippen MR) is 128 cm³/mol. The molecule has 4 rings (SSSR count). The van der Waals surface area contributed by atoms with Crippen LogP contribution in [0.1, 0.15) is 66.2 Å². The predicted octanol–water partition coefficient (Wildman–Crippen LogP) is 4.69. The summed E-state index contributed by atoms with van der Waals surface area (Å²) in [5.41, 5.74) is -2.58. The molecule has 8 atom stereocenters. The van der Waals surface area contributed by atoms with Crippen LogP contribution in [0.5, 0.6) is 0 Å². The van der Waals surface area contributed by atoms with Crippen LogP contribution in [-0.4, -0.2) is 45.5 Å². The number of carbonyl (C=O) groups excluding carboxylic acids is 3. The SMILES string of the molecule is CCCC(=O)O[C@]1(C(=O)OC)[C@@H](C)C[C@H]2[C@@H]3CCC4=CC(=O)C=C[C@]4(C)[C@@]3(Cl)[C@@](O)(Cl)C[C@@]21C. The van der Waals surface area contributed by atoms with Gasteiger partial charge in [-0.05, 0) is 49.7 Å². The van der Waals surface area contributed by atoms with Crippen molar-refractivity contribution < 1.29 is 29.0 Å². The van der Waals surface area contributed by atoms with Crippen molar-refractivity contribution in [1.29, 1.82) is 0 Å². The second-order valence-corrected chi connectivity index (χ2v) is 12.2. The van der Waals surface area contributed by atoms with Crippen molar-refractivity contribution in [3.8, 4) is 0 Å². The second-order valence-electron chi connectivity index (χ2n) is 11.0. The molecule has 6 nitrogen and oxygen atoms in total. The molecule has 0 amide bonds. The summed E-state index contributed by atoms with van der Waals surface area (Å²) in [6.07, 6.45) is 7.32. The minimum Gasteiger partial charge on any atom is -0.466 e. The summed E-state index contributed by atoms with van der Waals surface area (Å²) in [5, 5.41) is 9.96. The van der Waals surface area contributed by atoms with Gasteiger partial charge in [-0.1, -0.05) is 50.9 Å². The van der Waals surface area contributed by atoms with Crippen molar-refractivity contribution in [2.24, 2.45) is 28.6 Å². The highest BCUT2D eigenvalue weighted by atomic mass is 35.5. The molecule has 0 bridgehead atoms. The van der Waals surface area contributed by atoms with E-state index in [1.165, 1.54) is 13.2 Å². The highest BCUT2D eigenvalue weighted by Gasteiger charge is 2.80. The minimum absolute atomic E-state index is 0.0737. The van der Waals surface area contributed by atoms with Gasteiger partial charge in [0, 0.05) is 29.6 Å². The summed E-state index contributed by atoms with van der Waals surface area (Å²) in [5.74, 6) is -2.04. The number of alkyl halides is 2. The Morgan fingerprint density at radius 3 is 2.53 bits per heavy atom. The third kappa shape index (κ3) is 3.00. The van der Waals surface area contributed by atoms with E-state index in [1.807, 2.05) is 27.7 Å². The van der Waals surface area contributed by atoms with E-state index in [0.29, 0.717) is 25.7 Å². The van der Waals surface area contributed by atoms with E-state index < -0.39 is 38.3 Å². The summed E-state index contributed by atoms with van der Waals surface area (Å²) in [6.45, 7) is 7.54. The van der Waals surface area contributed by atoms with Crippen molar-refractivity contribution >= 4 is 40.9 Å². The van der Waals surface area contributed by atoms with Gasteiger partial charge < -0.3 is 14.6 Å². The number of halogens is 2. The van der Waals surface area contributed by atoms with E-state index in [2.05, 4.69) is 0 Å². The molecule has 0 aliphatic heterocycles. The van der Waals surface area contributed by atoms with Gasteiger partial charge in [0.1, 0.15) is 4.87 Å². The molecular formula is C26H34Cl2O6. The standard InChI is InChI=1S/C26H34Cl2O6/c1-6-7-20(30)34-25(21(31)33-5)15(2)12-19-18-9-8-16-13-17(29)10-11-22(16,3)26(18,28)24(27,32)14-23(19,25)4/h10-11,13,15,18-19,32H,6-9,12,14H2,1-5H3/t15-,18-,19-,22-,23-,24+,25-,26+/m0/s1. The number of hydrogen-bond donors (Lipinski definition) is 1. The molecule has 0 aromatic rings. The molecule has 34 heavy (non-hydrogen) atoms. The normalized spacial score (nSPS) is 47.2. The molecule has 3 saturated carbocycles. The number of hydrogen-bond acceptors (Lipinski definition) is 6. The zero-order valence-corrected chi connectivity index (χ0v) is 22.0. The summed E-state index contributed by atoms with van der Waals surface area (Å²) in [7, 11) is 1.28. The number of ketones is 1. The quantitative estimate of drug-likeness (QED) is 0.433. The molecule has 4 aliphatic rings. The maximum absolute atomic E-state index is 13.4. The third-order valence-electron chi connectivity index (χ3n) is 9.39. The maximum atomic E-state index is 13.4. The largest absolute Gasteiger partial charge is 0.466 e. The Labute approximate surface area is 211 Å². The van der Waals surface area contributed by atoms with Gasteiger partial charge in [-0.3, -0.25) is 9.59 Å². The van der Waals surface area contributed by atoms with Crippen LogP contribution in [0.2, 0.25) is 0 Å². The van der Waals surface area contributed by atoms with Crippen molar-refractivity contribution in [2.75, 3.05) is 7.11 Å². The van der Waals surface area contributed by atoms with Gasteiger partial charge in [-0.2, -0.15) is 0 Å². The average molecular weight is 513 g/mol. The molecular weight excluding hydrogens is 479 g/mol.